The minimum atomic E-state index is -1.05. The van der Waals surface area contributed by atoms with E-state index in [0.29, 0.717) is 6.04 Å². The quantitative estimate of drug-likeness (QED) is 0.659. The second-order valence-corrected chi connectivity index (χ2v) is 6.40. The fourth-order valence-corrected chi connectivity index (χ4v) is 3.89. The lowest BCUT2D eigenvalue weighted by Gasteiger charge is -2.36. The SMILES string of the molecule is O=C(O)[C@@H]1CC(O)CN1C(=O)NC1CCN2CCCC2C1. The van der Waals surface area contributed by atoms with Gasteiger partial charge in [0, 0.05) is 31.6 Å². The maximum atomic E-state index is 12.3. The van der Waals surface area contributed by atoms with E-state index < -0.39 is 18.1 Å². The van der Waals surface area contributed by atoms with Crippen molar-refractivity contribution in [3.63, 3.8) is 0 Å². The Balaban J connectivity index is 1.57. The third-order valence-corrected chi connectivity index (χ3v) is 4.97. The number of nitrogens with one attached hydrogen (secondary N) is 1. The molecule has 7 heteroatoms. The van der Waals surface area contributed by atoms with Gasteiger partial charge in [-0.15, -0.1) is 0 Å². The van der Waals surface area contributed by atoms with E-state index in [0.717, 1.165) is 25.9 Å². The van der Waals surface area contributed by atoms with Gasteiger partial charge < -0.3 is 25.3 Å². The van der Waals surface area contributed by atoms with Crippen LogP contribution >= 0.6 is 0 Å². The molecular formula is C14H23N3O4. The number of carbonyl (C=O) groups excluding carboxylic acids is 1. The standard InChI is InChI=1S/C14H23N3O4/c18-11-7-12(13(19)20)17(8-11)14(21)15-9-3-5-16-4-1-2-10(16)6-9/h9-12,18H,1-8H2,(H,15,21)(H,19,20)/t9?,10?,11?,12-/m0/s1. The minimum Gasteiger partial charge on any atom is -0.480 e. The summed E-state index contributed by atoms with van der Waals surface area (Å²) in [6.07, 6.45) is 3.64. The van der Waals surface area contributed by atoms with Gasteiger partial charge in [0.05, 0.1) is 6.10 Å². The number of likely N-dealkylation sites (tertiary alicyclic amines) is 1. The van der Waals surface area contributed by atoms with Crippen LogP contribution in [0.3, 0.4) is 0 Å². The summed E-state index contributed by atoms with van der Waals surface area (Å²) in [5.41, 5.74) is 0. The van der Waals surface area contributed by atoms with Crippen LogP contribution in [0.1, 0.15) is 32.1 Å². The maximum absolute atomic E-state index is 12.3. The highest BCUT2D eigenvalue weighted by Gasteiger charge is 2.40. The van der Waals surface area contributed by atoms with Crippen LogP contribution in [-0.4, -0.2) is 75.9 Å². The first kappa shape index (κ1) is 14.6. The summed E-state index contributed by atoms with van der Waals surface area (Å²) >= 11 is 0. The molecule has 0 radical (unpaired) electrons. The van der Waals surface area contributed by atoms with Crippen LogP contribution in [0.2, 0.25) is 0 Å². The lowest BCUT2D eigenvalue weighted by molar-refractivity contribution is -0.141. The molecule has 3 unspecified atom stereocenters. The van der Waals surface area contributed by atoms with Crippen LogP contribution in [0.4, 0.5) is 4.79 Å². The Morgan fingerprint density at radius 3 is 2.71 bits per heavy atom. The number of hydrogen-bond donors (Lipinski definition) is 3. The number of carboxylic acid groups (broad SMARTS) is 1. The van der Waals surface area contributed by atoms with Gasteiger partial charge in [-0.05, 0) is 32.2 Å². The molecule has 0 aromatic rings. The number of β-amino-alcohol motifs (C(OH)–C–C–N with tert-alkyl or cyclic N) is 1. The summed E-state index contributed by atoms with van der Waals surface area (Å²) in [6.45, 7) is 2.26. The molecule has 3 rings (SSSR count). The van der Waals surface area contributed by atoms with Gasteiger partial charge in [0.1, 0.15) is 6.04 Å². The predicted molar refractivity (Wildman–Crippen MR) is 74.9 cm³/mol. The number of hydrogen-bond acceptors (Lipinski definition) is 4. The predicted octanol–water partition coefficient (Wildman–Crippen LogP) is -0.157. The molecule has 4 atom stereocenters. The summed E-state index contributed by atoms with van der Waals surface area (Å²) in [6, 6.07) is -0.588. The molecule has 3 saturated heterocycles. The van der Waals surface area contributed by atoms with Gasteiger partial charge in [0.15, 0.2) is 0 Å². The van der Waals surface area contributed by atoms with Crippen molar-refractivity contribution in [2.24, 2.45) is 0 Å². The second kappa shape index (κ2) is 5.81. The van der Waals surface area contributed by atoms with Crippen LogP contribution in [0, 0.1) is 0 Å². The molecule has 0 bridgehead atoms. The summed E-state index contributed by atoms with van der Waals surface area (Å²) < 4.78 is 0. The number of piperidine rings is 1. The first-order valence-corrected chi connectivity index (χ1v) is 7.76. The topological polar surface area (TPSA) is 93.1 Å². The van der Waals surface area contributed by atoms with Crippen LogP contribution in [0.5, 0.6) is 0 Å². The van der Waals surface area contributed by atoms with Crippen LogP contribution in [0.25, 0.3) is 0 Å². The molecule has 0 aliphatic carbocycles. The van der Waals surface area contributed by atoms with Crippen molar-refractivity contribution in [2.45, 2.75) is 56.3 Å². The summed E-state index contributed by atoms with van der Waals surface area (Å²) in [5, 5.41) is 21.7. The number of urea groups is 1. The second-order valence-electron chi connectivity index (χ2n) is 6.40. The van der Waals surface area contributed by atoms with E-state index in [2.05, 4.69) is 10.2 Å². The van der Waals surface area contributed by atoms with Gasteiger partial charge in [-0.3, -0.25) is 0 Å². The average Bonchev–Trinajstić information content (AvgIpc) is 3.04. The molecule has 3 N–H and O–H groups in total. The number of amides is 2. The van der Waals surface area contributed by atoms with Crippen molar-refractivity contribution in [3.8, 4) is 0 Å². The molecule has 7 nitrogen and oxygen atoms in total. The van der Waals surface area contributed by atoms with Crippen molar-refractivity contribution in [1.29, 1.82) is 0 Å². The Morgan fingerprint density at radius 1 is 1.14 bits per heavy atom. The molecule has 0 saturated carbocycles. The number of nitrogens with zero attached hydrogens (tertiary/aromatic N) is 2. The summed E-state index contributed by atoms with van der Waals surface area (Å²) in [7, 11) is 0. The monoisotopic (exact) mass is 297 g/mol. The van der Waals surface area contributed by atoms with Gasteiger partial charge in [-0.25, -0.2) is 9.59 Å². The largest absolute Gasteiger partial charge is 0.480 e. The van der Waals surface area contributed by atoms with Gasteiger partial charge in [-0.2, -0.15) is 0 Å². The lowest BCUT2D eigenvalue weighted by atomic mass is 9.98. The highest BCUT2D eigenvalue weighted by atomic mass is 16.4. The van der Waals surface area contributed by atoms with Crippen molar-refractivity contribution >= 4 is 12.0 Å². The molecule has 3 fully saturated rings. The number of fused-ring (bicyclic) bond motifs is 1. The van der Waals surface area contributed by atoms with E-state index >= 15 is 0 Å². The Labute approximate surface area is 123 Å². The molecule has 3 aliphatic rings. The Hall–Kier alpha value is -1.34. The van der Waals surface area contributed by atoms with E-state index in [1.807, 2.05) is 0 Å². The number of aliphatic hydroxyl groups excluding tert-OH is 1. The number of carboxylic acids is 1. The molecule has 0 aromatic heterocycles. The van der Waals surface area contributed by atoms with Crippen molar-refractivity contribution in [1.82, 2.24) is 15.1 Å². The van der Waals surface area contributed by atoms with Crippen LogP contribution in [-0.2, 0) is 4.79 Å². The Bertz CT molecular complexity index is 430. The summed E-state index contributed by atoms with van der Waals surface area (Å²) in [5.74, 6) is -1.05. The van der Waals surface area contributed by atoms with Gasteiger partial charge in [0.2, 0.25) is 0 Å². The fourth-order valence-electron chi connectivity index (χ4n) is 3.89. The molecule has 2 amide bonds. The number of aliphatic carboxylic acids is 1. The number of rotatable bonds is 2. The first-order chi connectivity index (χ1) is 10.0. The third kappa shape index (κ3) is 2.98. The van der Waals surface area contributed by atoms with Crippen LogP contribution in [0.15, 0.2) is 0 Å². The average molecular weight is 297 g/mol. The zero-order chi connectivity index (χ0) is 15.0. The number of aliphatic hydroxyl groups is 1. The lowest BCUT2D eigenvalue weighted by Crippen LogP contribution is -2.53. The maximum Gasteiger partial charge on any atom is 0.326 e. The highest BCUT2D eigenvalue weighted by molar-refractivity contribution is 5.83. The molecule has 3 aliphatic heterocycles. The first-order valence-electron chi connectivity index (χ1n) is 7.76. The van der Waals surface area contributed by atoms with E-state index in [1.54, 1.807) is 0 Å². The van der Waals surface area contributed by atoms with E-state index in [4.69, 9.17) is 5.11 Å². The summed E-state index contributed by atoms with van der Waals surface area (Å²) in [4.78, 5) is 27.2. The Kier molecular flexibility index (Phi) is 4.03. The zero-order valence-electron chi connectivity index (χ0n) is 12.1. The smallest absolute Gasteiger partial charge is 0.326 e. The third-order valence-electron chi connectivity index (χ3n) is 4.97. The molecule has 21 heavy (non-hydrogen) atoms. The van der Waals surface area contributed by atoms with E-state index in [9.17, 15) is 14.7 Å². The van der Waals surface area contributed by atoms with Gasteiger partial charge >= 0.3 is 12.0 Å². The van der Waals surface area contributed by atoms with E-state index in [1.165, 1.54) is 17.7 Å². The normalized spacial score (nSPS) is 36.5. The van der Waals surface area contributed by atoms with Crippen molar-refractivity contribution in [3.05, 3.63) is 0 Å². The zero-order valence-corrected chi connectivity index (χ0v) is 12.1. The van der Waals surface area contributed by atoms with E-state index in [-0.39, 0.29) is 25.0 Å². The van der Waals surface area contributed by atoms with Crippen molar-refractivity contribution in [2.75, 3.05) is 19.6 Å². The minimum absolute atomic E-state index is 0.102. The highest BCUT2D eigenvalue weighted by Crippen LogP contribution is 2.27. The van der Waals surface area contributed by atoms with Crippen LogP contribution < -0.4 is 5.32 Å². The number of carbonyl (C=O) groups is 2. The van der Waals surface area contributed by atoms with Gasteiger partial charge in [0.25, 0.3) is 0 Å². The van der Waals surface area contributed by atoms with Crippen molar-refractivity contribution < 1.29 is 19.8 Å². The molecule has 118 valence electrons. The Morgan fingerprint density at radius 2 is 1.95 bits per heavy atom. The molecule has 3 heterocycles. The molecular weight excluding hydrogens is 274 g/mol. The molecule has 0 aromatic carbocycles. The van der Waals surface area contributed by atoms with Gasteiger partial charge in [-0.1, -0.05) is 0 Å². The fraction of sp³-hybridized carbons (Fsp3) is 0.857. The molecule has 0 spiro atoms.